The standard InChI is InChI=1S/C36H59FO6/c1-29-30(2)35(41-27-32-23-19-18-20-24-32)36(42-31(3)39)43-34(29)33(37)25-21-16-14-12-10-8-6-4-5-7-9-11-13-15-17-22-26-40-28-38/h18-20,23-24,28-30,33-36H,4-17,21-22,25-27H2,1-3H3/t29-,30-,33-,34?,35?,36?/m0/s1. The van der Waals surface area contributed by atoms with Crippen LogP contribution in [0.15, 0.2) is 30.3 Å². The molecular weight excluding hydrogens is 547 g/mol. The number of unbranched alkanes of at least 4 members (excludes halogenated alkanes) is 15. The summed E-state index contributed by atoms with van der Waals surface area (Å²) in [6.45, 7) is 6.88. The van der Waals surface area contributed by atoms with Crippen LogP contribution in [0.4, 0.5) is 4.39 Å². The minimum atomic E-state index is -1.09. The molecule has 2 rings (SSSR count). The average Bonchev–Trinajstić information content (AvgIpc) is 3.00. The highest BCUT2D eigenvalue weighted by Gasteiger charge is 2.46. The predicted octanol–water partition coefficient (Wildman–Crippen LogP) is 9.27. The van der Waals surface area contributed by atoms with Crippen LogP contribution in [0.5, 0.6) is 0 Å². The molecule has 3 unspecified atom stereocenters. The molecule has 6 atom stereocenters. The Balaban J connectivity index is 1.52. The van der Waals surface area contributed by atoms with Crippen LogP contribution < -0.4 is 0 Å². The van der Waals surface area contributed by atoms with Gasteiger partial charge in [-0.1, -0.05) is 140 Å². The van der Waals surface area contributed by atoms with Crippen molar-refractivity contribution in [3.63, 3.8) is 0 Å². The number of hydrogen-bond donors (Lipinski definition) is 0. The Morgan fingerprint density at radius 1 is 0.814 bits per heavy atom. The van der Waals surface area contributed by atoms with Crippen molar-refractivity contribution in [1.82, 2.24) is 0 Å². The summed E-state index contributed by atoms with van der Waals surface area (Å²) in [7, 11) is 0. The van der Waals surface area contributed by atoms with E-state index < -0.39 is 30.6 Å². The number of halogens is 1. The fourth-order valence-corrected chi connectivity index (χ4v) is 6.08. The molecule has 1 saturated heterocycles. The van der Waals surface area contributed by atoms with E-state index in [1.807, 2.05) is 44.2 Å². The SMILES string of the molecule is CC(=O)OC1OC([C@@H](F)CCCCCCCCCCCCCCCCCCOC=O)[C@@H](C)[C@H](C)C1OCc1ccccc1. The quantitative estimate of drug-likeness (QED) is 0.0628. The van der Waals surface area contributed by atoms with E-state index in [1.165, 1.54) is 77.6 Å². The maximum absolute atomic E-state index is 15.4. The molecule has 1 aromatic rings. The number of ether oxygens (including phenoxy) is 4. The molecule has 0 N–H and O–H groups in total. The topological polar surface area (TPSA) is 71.1 Å². The number of benzene rings is 1. The summed E-state index contributed by atoms with van der Waals surface area (Å²) >= 11 is 0. The molecule has 0 bridgehead atoms. The summed E-state index contributed by atoms with van der Waals surface area (Å²) in [5.41, 5.74) is 1.03. The highest BCUT2D eigenvalue weighted by atomic mass is 19.1. The summed E-state index contributed by atoms with van der Waals surface area (Å²) in [5.74, 6) is -0.518. The lowest BCUT2D eigenvalue weighted by atomic mass is 9.81. The van der Waals surface area contributed by atoms with Gasteiger partial charge in [0.25, 0.3) is 6.47 Å². The number of rotatable bonds is 25. The summed E-state index contributed by atoms with van der Waals surface area (Å²) in [6, 6.07) is 9.86. The zero-order valence-corrected chi connectivity index (χ0v) is 27.2. The first kappa shape index (κ1) is 37.2. The Kier molecular flexibility index (Phi) is 20.2. The van der Waals surface area contributed by atoms with Crippen LogP contribution in [-0.2, 0) is 35.1 Å². The molecule has 246 valence electrons. The van der Waals surface area contributed by atoms with Crippen LogP contribution in [0.25, 0.3) is 0 Å². The Bertz CT molecular complexity index is 836. The highest BCUT2D eigenvalue weighted by Crippen LogP contribution is 2.37. The predicted molar refractivity (Wildman–Crippen MR) is 169 cm³/mol. The molecule has 7 heteroatoms. The van der Waals surface area contributed by atoms with E-state index in [2.05, 4.69) is 0 Å². The Hall–Kier alpha value is -1.99. The molecule has 0 aliphatic carbocycles. The second-order valence-corrected chi connectivity index (χ2v) is 12.5. The van der Waals surface area contributed by atoms with Crippen LogP contribution >= 0.6 is 0 Å². The molecule has 1 aromatic carbocycles. The first-order chi connectivity index (χ1) is 20.9. The average molecular weight is 607 g/mol. The van der Waals surface area contributed by atoms with Crippen LogP contribution in [0.3, 0.4) is 0 Å². The minimum Gasteiger partial charge on any atom is -0.468 e. The molecule has 1 aliphatic rings. The van der Waals surface area contributed by atoms with Gasteiger partial charge < -0.3 is 18.9 Å². The molecule has 0 radical (unpaired) electrons. The number of carbonyl (C=O) groups excluding carboxylic acids is 2. The summed E-state index contributed by atoms with van der Waals surface area (Å²) in [6.07, 6.45) is 16.9. The lowest BCUT2D eigenvalue weighted by molar-refractivity contribution is -0.282. The van der Waals surface area contributed by atoms with E-state index in [0.29, 0.717) is 26.1 Å². The minimum absolute atomic E-state index is 0.0171. The van der Waals surface area contributed by atoms with Crippen molar-refractivity contribution in [3.8, 4) is 0 Å². The normalized spacial score (nSPS) is 22.7. The maximum atomic E-state index is 15.4. The van der Waals surface area contributed by atoms with Gasteiger partial charge in [-0.2, -0.15) is 0 Å². The fourth-order valence-electron chi connectivity index (χ4n) is 6.08. The summed E-state index contributed by atoms with van der Waals surface area (Å²) < 4.78 is 37.8. The van der Waals surface area contributed by atoms with Gasteiger partial charge in [0.1, 0.15) is 12.3 Å². The maximum Gasteiger partial charge on any atom is 0.305 e. The van der Waals surface area contributed by atoms with Crippen molar-refractivity contribution in [1.29, 1.82) is 0 Å². The second-order valence-electron chi connectivity index (χ2n) is 12.5. The van der Waals surface area contributed by atoms with E-state index in [-0.39, 0.29) is 11.8 Å². The Labute approximate surface area is 260 Å². The Morgan fingerprint density at radius 2 is 1.33 bits per heavy atom. The highest BCUT2D eigenvalue weighted by molar-refractivity contribution is 5.66. The number of carbonyl (C=O) groups is 2. The molecule has 0 aromatic heterocycles. The molecule has 1 fully saturated rings. The van der Waals surface area contributed by atoms with Gasteiger partial charge in [-0.3, -0.25) is 9.59 Å². The van der Waals surface area contributed by atoms with Crippen LogP contribution in [0, 0.1) is 11.8 Å². The van der Waals surface area contributed by atoms with Crippen molar-refractivity contribution in [2.24, 2.45) is 11.8 Å². The summed E-state index contributed by atoms with van der Waals surface area (Å²) in [4.78, 5) is 21.9. The van der Waals surface area contributed by atoms with E-state index in [9.17, 15) is 9.59 Å². The lowest BCUT2D eigenvalue weighted by Gasteiger charge is -2.44. The second kappa shape index (κ2) is 23.4. The summed E-state index contributed by atoms with van der Waals surface area (Å²) in [5, 5.41) is 0. The van der Waals surface area contributed by atoms with E-state index in [4.69, 9.17) is 18.9 Å². The number of esters is 1. The molecule has 0 amide bonds. The molecule has 0 saturated carbocycles. The molecule has 1 aliphatic heterocycles. The van der Waals surface area contributed by atoms with Gasteiger partial charge in [-0.25, -0.2) is 4.39 Å². The third-order valence-electron chi connectivity index (χ3n) is 8.91. The Morgan fingerprint density at radius 3 is 1.84 bits per heavy atom. The van der Waals surface area contributed by atoms with Gasteiger partial charge in [0.2, 0.25) is 6.29 Å². The van der Waals surface area contributed by atoms with Crippen molar-refractivity contribution in [3.05, 3.63) is 35.9 Å². The first-order valence-corrected chi connectivity index (χ1v) is 17.1. The van der Waals surface area contributed by atoms with Gasteiger partial charge in [-0.05, 0) is 30.2 Å². The molecule has 43 heavy (non-hydrogen) atoms. The molecule has 6 nitrogen and oxygen atoms in total. The van der Waals surface area contributed by atoms with E-state index in [1.54, 1.807) is 0 Å². The fraction of sp³-hybridized carbons (Fsp3) is 0.778. The third kappa shape index (κ3) is 16.1. The smallest absolute Gasteiger partial charge is 0.305 e. The number of hydrogen-bond acceptors (Lipinski definition) is 6. The zero-order valence-electron chi connectivity index (χ0n) is 27.2. The molecule has 0 spiro atoms. The van der Waals surface area contributed by atoms with Gasteiger partial charge in [0.15, 0.2) is 0 Å². The van der Waals surface area contributed by atoms with Crippen LogP contribution in [0.1, 0.15) is 135 Å². The van der Waals surface area contributed by atoms with Crippen molar-refractivity contribution in [2.75, 3.05) is 6.61 Å². The third-order valence-corrected chi connectivity index (χ3v) is 8.91. The van der Waals surface area contributed by atoms with Crippen LogP contribution in [-0.4, -0.2) is 43.7 Å². The molecule has 1 heterocycles. The van der Waals surface area contributed by atoms with Crippen molar-refractivity contribution in [2.45, 2.75) is 161 Å². The van der Waals surface area contributed by atoms with Crippen molar-refractivity contribution >= 4 is 12.4 Å². The number of alkyl halides is 1. The zero-order chi connectivity index (χ0) is 31.1. The first-order valence-electron chi connectivity index (χ1n) is 17.1. The van der Waals surface area contributed by atoms with E-state index >= 15 is 4.39 Å². The van der Waals surface area contributed by atoms with Gasteiger partial charge in [0.05, 0.1) is 19.3 Å². The lowest BCUT2D eigenvalue weighted by Crippen LogP contribution is -2.54. The van der Waals surface area contributed by atoms with Crippen LogP contribution in [0.2, 0.25) is 0 Å². The van der Waals surface area contributed by atoms with Gasteiger partial charge in [-0.15, -0.1) is 0 Å². The molecular formula is C36H59FO6. The largest absolute Gasteiger partial charge is 0.468 e. The van der Waals surface area contributed by atoms with Gasteiger partial charge in [0, 0.05) is 6.92 Å². The monoisotopic (exact) mass is 606 g/mol. The van der Waals surface area contributed by atoms with Gasteiger partial charge >= 0.3 is 5.97 Å². The van der Waals surface area contributed by atoms with E-state index in [0.717, 1.165) is 37.7 Å². The van der Waals surface area contributed by atoms with Crippen molar-refractivity contribution < 1.29 is 32.9 Å².